The summed E-state index contributed by atoms with van der Waals surface area (Å²) in [7, 11) is -4.43. The van der Waals surface area contributed by atoms with Crippen LogP contribution in [0.4, 0.5) is 0 Å². The van der Waals surface area contributed by atoms with Crippen LogP contribution in [0.15, 0.2) is 0 Å². The summed E-state index contributed by atoms with van der Waals surface area (Å²) in [5, 5.41) is 0. The largest absolute Gasteiger partial charge is 0.469 e. The van der Waals surface area contributed by atoms with Crippen molar-refractivity contribution < 1.29 is 23.7 Å². The lowest BCUT2D eigenvalue weighted by atomic mass is 9.98. The third-order valence-electron chi connectivity index (χ3n) is 0.924. The highest BCUT2D eigenvalue weighted by Crippen LogP contribution is 2.37. The lowest BCUT2D eigenvalue weighted by Gasteiger charge is -2.16. The van der Waals surface area contributed by atoms with E-state index in [-0.39, 0.29) is 6.61 Å². The number of phosphoric ester groups is 1. The highest BCUT2D eigenvalue weighted by molar-refractivity contribution is 7.46. The van der Waals surface area contributed by atoms with Crippen LogP contribution in [0.1, 0.15) is 13.8 Å². The molecule has 0 bridgehead atoms. The molecule has 0 radical (unpaired) electrons. The highest BCUT2D eigenvalue weighted by atomic mass is 31.2. The molecule has 6 heteroatoms. The van der Waals surface area contributed by atoms with Crippen LogP contribution in [0.25, 0.3) is 0 Å². The van der Waals surface area contributed by atoms with Crippen molar-refractivity contribution in [3.05, 3.63) is 0 Å². The quantitative estimate of drug-likeness (QED) is 0.483. The third kappa shape index (κ3) is 6.19. The van der Waals surface area contributed by atoms with Gasteiger partial charge < -0.3 is 14.6 Å². The molecule has 0 heterocycles. The monoisotopic (exact) mass is 182 g/mol. The maximum atomic E-state index is 10.2. The zero-order chi connectivity index (χ0) is 9.12. The van der Waals surface area contributed by atoms with Crippen molar-refractivity contribution in [3.8, 4) is 0 Å². The van der Waals surface area contributed by atoms with Crippen molar-refractivity contribution in [2.75, 3.05) is 6.61 Å². The molecule has 0 spiro atoms. The molecule has 0 aliphatic rings. The van der Waals surface area contributed by atoms with Crippen LogP contribution >= 0.6 is 7.82 Å². The molecule has 0 atom stereocenters. The van der Waals surface area contributed by atoms with E-state index in [4.69, 9.17) is 9.79 Å². The average Bonchev–Trinajstić information content (AvgIpc) is 1.83. The smallest absolute Gasteiger partial charge is 0.303 e. The van der Waals surface area contributed by atoms with Gasteiger partial charge >= 0.3 is 7.82 Å². The molecule has 0 fully saturated rings. The van der Waals surface area contributed by atoms with E-state index in [9.17, 15) is 9.36 Å². The number of carbonyl (C=O) groups excluding carboxylic acids is 1. The van der Waals surface area contributed by atoms with E-state index in [0.717, 1.165) is 0 Å². The van der Waals surface area contributed by atoms with E-state index < -0.39 is 13.2 Å². The molecule has 0 amide bonds. The molecule has 0 unspecified atom stereocenters. The molecule has 5 nitrogen and oxygen atoms in total. The van der Waals surface area contributed by atoms with Gasteiger partial charge in [-0.15, -0.1) is 0 Å². The van der Waals surface area contributed by atoms with Gasteiger partial charge in [0.15, 0.2) is 0 Å². The van der Waals surface area contributed by atoms with Crippen molar-refractivity contribution in [1.29, 1.82) is 0 Å². The van der Waals surface area contributed by atoms with E-state index in [2.05, 4.69) is 4.52 Å². The van der Waals surface area contributed by atoms with Crippen LogP contribution < -0.4 is 0 Å². The van der Waals surface area contributed by atoms with E-state index in [1.807, 2.05) is 0 Å². The normalized spacial score (nSPS) is 13.1. The van der Waals surface area contributed by atoms with Gasteiger partial charge in [-0.2, -0.15) is 0 Å². The molecule has 0 aliphatic carbocycles. The second kappa shape index (κ2) is 3.45. The Morgan fingerprint density at radius 1 is 1.55 bits per heavy atom. The summed E-state index contributed by atoms with van der Waals surface area (Å²) in [6.45, 7) is 2.77. The summed E-state index contributed by atoms with van der Waals surface area (Å²) < 4.78 is 14.3. The van der Waals surface area contributed by atoms with Gasteiger partial charge in [0.25, 0.3) is 0 Å². The zero-order valence-corrected chi connectivity index (χ0v) is 7.25. The highest BCUT2D eigenvalue weighted by Gasteiger charge is 2.23. The molecule has 66 valence electrons. The van der Waals surface area contributed by atoms with Crippen LogP contribution in [0.3, 0.4) is 0 Å². The average molecular weight is 182 g/mol. The Morgan fingerprint density at radius 2 is 2.00 bits per heavy atom. The Hall–Kier alpha value is -0.220. The van der Waals surface area contributed by atoms with Gasteiger partial charge in [-0.05, 0) is 0 Å². The van der Waals surface area contributed by atoms with Crippen molar-refractivity contribution in [2.24, 2.45) is 5.41 Å². The lowest BCUT2D eigenvalue weighted by Crippen LogP contribution is -2.19. The van der Waals surface area contributed by atoms with Crippen LogP contribution in [0.2, 0.25) is 0 Å². The predicted molar refractivity (Wildman–Crippen MR) is 37.8 cm³/mol. The van der Waals surface area contributed by atoms with E-state index >= 15 is 0 Å². The minimum absolute atomic E-state index is 0.277. The fourth-order valence-corrected chi connectivity index (χ4v) is 0.785. The van der Waals surface area contributed by atoms with E-state index in [1.165, 1.54) is 13.8 Å². The van der Waals surface area contributed by atoms with Gasteiger partial charge in [0.05, 0.1) is 6.61 Å². The summed E-state index contributed by atoms with van der Waals surface area (Å²) in [5.41, 5.74) is -0.846. The van der Waals surface area contributed by atoms with Crippen LogP contribution in [0.5, 0.6) is 0 Å². The van der Waals surface area contributed by atoms with Crippen LogP contribution in [-0.4, -0.2) is 22.7 Å². The molecule has 0 aliphatic heterocycles. The summed E-state index contributed by atoms with van der Waals surface area (Å²) >= 11 is 0. The van der Waals surface area contributed by atoms with Gasteiger partial charge in [0, 0.05) is 5.41 Å². The van der Waals surface area contributed by atoms with Gasteiger partial charge in [0.1, 0.15) is 6.29 Å². The van der Waals surface area contributed by atoms with E-state index in [0.29, 0.717) is 6.29 Å². The second-order valence-corrected chi connectivity index (χ2v) is 4.11. The molecule has 0 aromatic rings. The molecule has 11 heavy (non-hydrogen) atoms. The summed E-state index contributed by atoms with van der Waals surface area (Å²) in [6, 6.07) is 0. The van der Waals surface area contributed by atoms with Crippen molar-refractivity contribution in [3.63, 3.8) is 0 Å². The molecule has 0 saturated carbocycles. The number of hydrogen-bond acceptors (Lipinski definition) is 3. The zero-order valence-electron chi connectivity index (χ0n) is 6.35. The lowest BCUT2D eigenvalue weighted by molar-refractivity contribution is -0.116. The molecule has 0 saturated heterocycles. The number of carbonyl (C=O) groups is 1. The molecular formula is C5H11O5P. The van der Waals surface area contributed by atoms with Gasteiger partial charge in [-0.25, -0.2) is 4.57 Å². The minimum Gasteiger partial charge on any atom is -0.303 e. The van der Waals surface area contributed by atoms with Gasteiger partial charge in [-0.1, -0.05) is 13.8 Å². The predicted octanol–water partition coefficient (Wildman–Crippen LogP) is 0.321. The Bertz CT molecular complexity index is 181. The molecule has 0 rings (SSSR count). The fourth-order valence-electron chi connectivity index (χ4n) is 0.284. The molecule has 2 N–H and O–H groups in total. The number of hydrogen-bond donors (Lipinski definition) is 2. The topological polar surface area (TPSA) is 83.8 Å². The first kappa shape index (κ1) is 10.8. The van der Waals surface area contributed by atoms with Gasteiger partial charge in [0.2, 0.25) is 0 Å². The minimum atomic E-state index is -4.43. The molecular weight excluding hydrogens is 171 g/mol. The summed E-state index contributed by atoms with van der Waals surface area (Å²) in [6.07, 6.45) is 0.586. The molecule has 0 aromatic carbocycles. The third-order valence-corrected chi connectivity index (χ3v) is 1.39. The second-order valence-electron chi connectivity index (χ2n) is 2.87. The number of rotatable bonds is 4. The number of aldehydes is 1. The van der Waals surface area contributed by atoms with Crippen LogP contribution in [0, 0.1) is 5.41 Å². The van der Waals surface area contributed by atoms with Crippen molar-refractivity contribution >= 4 is 14.1 Å². The first-order chi connectivity index (χ1) is 4.77. The van der Waals surface area contributed by atoms with Crippen molar-refractivity contribution in [1.82, 2.24) is 0 Å². The maximum Gasteiger partial charge on any atom is 0.469 e. The maximum absolute atomic E-state index is 10.2. The van der Waals surface area contributed by atoms with E-state index in [1.54, 1.807) is 0 Å². The summed E-state index contributed by atoms with van der Waals surface area (Å²) in [4.78, 5) is 26.7. The van der Waals surface area contributed by atoms with Crippen molar-refractivity contribution in [2.45, 2.75) is 13.8 Å². The fraction of sp³-hybridized carbons (Fsp3) is 0.800. The Balaban J connectivity index is 3.89. The summed E-state index contributed by atoms with van der Waals surface area (Å²) in [5.74, 6) is 0. The first-order valence-corrected chi connectivity index (χ1v) is 4.46. The first-order valence-electron chi connectivity index (χ1n) is 2.93. The van der Waals surface area contributed by atoms with Crippen LogP contribution in [-0.2, 0) is 13.9 Å². The standard InChI is InChI=1S/C5H11O5P/c1-5(2,3-6)4-10-11(7,8)9/h3H,4H2,1-2H3,(H2,7,8,9). The Kier molecular flexibility index (Phi) is 3.38. The Labute approximate surface area is 64.6 Å². The SMILES string of the molecule is CC(C)(C=O)COP(=O)(O)O. The van der Waals surface area contributed by atoms with Gasteiger partial charge in [-0.3, -0.25) is 4.52 Å². The Morgan fingerprint density at radius 3 is 2.27 bits per heavy atom. The molecule has 0 aromatic heterocycles. The number of phosphoric acid groups is 1.